The molecule has 102 valence electrons. The number of carbonyl (C=O) groups excluding carboxylic acids is 1. The minimum absolute atomic E-state index is 0.0736. The third kappa shape index (κ3) is 3.95. The largest absolute Gasteiger partial charge is 0.512 e. The molecule has 1 aromatic rings. The lowest BCUT2D eigenvalue weighted by Crippen LogP contribution is -2.10. The molecule has 1 N–H and O–H groups in total. The van der Waals surface area contributed by atoms with Crippen LogP contribution in [0.2, 0.25) is 0 Å². The van der Waals surface area contributed by atoms with Crippen molar-refractivity contribution < 1.29 is 14.6 Å². The van der Waals surface area contributed by atoms with Gasteiger partial charge in [-0.1, -0.05) is 18.2 Å². The van der Waals surface area contributed by atoms with Gasteiger partial charge in [0.15, 0.2) is 0 Å². The summed E-state index contributed by atoms with van der Waals surface area (Å²) in [6.45, 7) is 7.29. The molecular weight excluding hydrogens is 242 g/mol. The van der Waals surface area contributed by atoms with Crippen molar-refractivity contribution in [3.63, 3.8) is 0 Å². The van der Waals surface area contributed by atoms with Gasteiger partial charge in [-0.05, 0) is 38.8 Å². The number of hydrogen-bond acceptors (Lipinski definition) is 4. The topological polar surface area (TPSA) is 58.9 Å². The van der Waals surface area contributed by atoms with Crippen molar-refractivity contribution in [2.24, 2.45) is 4.99 Å². The number of aliphatic hydroxyl groups excluding tert-OH is 1. The molecule has 4 heteroatoms. The van der Waals surface area contributed by atoms with Crippen LogP contribution in [-0.2, 0) is 9.53 Å². The average Bonchev–Trinajstić information content (AvgIpc) is 2.32. The Balaban J connectivity index is 3.08. The molecule has 1 aromatic carbocycles. The van der Waals surface area contributed by atoms with Gasteiger partial charge >= 0.3 is 5.97 Å². The quantitative estimate of drug-likeness (QED) is 0.391. The van der Waals surface area contributed by atoms with Crippen LogP contribution < -0.4 is 0 Å². The van der Waals surface area contributed by atoms with Gasteiger partial charge in [-0.15, -0.1) is 0 Å². The molecule has 0 unspecified atom stereocenters. The van der Waals surface area contributed by atoms with E-state index in [4.69, 9.17) is 4.74 Å². The van der Waals surface area contributed by atoms with Crippen LogP contribution in [0.4, 0.5) is 5.69 Å². The molecule has 0 atom stereocenters. The monoisotopic (exact) mass is 261 g/mol. The lowest BCUT2D eigenvalue weighted by atomic mass is 10.1. The van der Waals surface area contributed by atoms with Gasteiger partial charge in [0.2, 0.25) is 0 Å². The summed E-state index contributed by atoms with van der Waals surface area (Å²) >= 11 is 0. The van der Waals surface area contributed by atoms with E-state index in [1.807, 2.05) is 32.0 Å². The number of benzene rings is 1. The number of aliphatic hydroxyl groups is 1. The summed E-state index contributed by atoms with van der Waals surface area (Å²) in [6.07, 6.45) is 1.35. The number of allylic oxidation sites excluding steroid dienone is 1. The lowest BCUT2D eigenvalue weighted by Gasteiger charge is -2.05. The fourth-order valence-electron chi connectivity index (χ4n) is 1.64. The SMILES string of the molecule is CCOC(=O)/C(C=Nc1c(C)cccc1C)=C(/C)O. The van der Waals surface area contributed by atoms with E-state index in [9.17, 15) is 9.90 Å². The molecule has 0 fully saturated rings. The molecule has 0 saturated carbocycles. The Kier molecular flexibility index (Phi) is 5.30. The number of nitrogens with zero attached hydrogens (tertiary/aromatic N) is 1. The standard InChI is InChI=1S/C15H19NO3/c1-5-19-15(18)13(12(4)17)9-16-14-10(2)7-6-8-11(14)3/h6-9,17H,5H2,1-4H3/b13-12-,16-9?. The Morgan fingerprint density at radius 3 is 2.42 bits per heavy atom. The van der Waals surface area contributed by atoms with Crippen molar-refractivity contribution in [1.82, 2.24) is 0 Å². The molecule has 0 aromatic heterocycles. The minimum Gasteiger partial charge on any atom is -0.512 e. The van der Waals surface area contributed by atoms with E-state index in [1.54, 1.807) is 6.92 Å². The molecule has 0 aliphatic carbocycles. The molecule has 19 heavy (non-hydrogen) atoms. The Morgan fingerprint density at radius 2 is 1.95 bits per heavy atom. The van der Waals surface area contributed by atoms with Gasteiger partial charge in [0.05, 0.1) is 12.3 Å². The maximum absolute atomic E-state index is 11.6. The van der Waals surface area contributed by atoms with Gasteiger partial charge in [0, 0.05) is 6.21 Å². The van der Waals surface area contributed by atoms with E-state index < -0.39 is 5.97 Å². The van der Waals surface area contributed by atoms with Crippen LogP contribution >= 0.6 is 0 Å². The second kappa shape index (κ2) is 6.73. The number of rotatable bonds is 4. The minimum atomic E-state index is -0.572. The molecular formula is C15H19NO3. The number of para-hydroxylation sites is 1. The van der Waals surface area contributed by atoms with Crippen LogP contribution in [0.3, 0.4) is 0 Å². The highest BCUT2D eigenvalue weighted by Gasteiger charge is 2.12. The van der Waals surface area contributed by atoms with Crippen LogP contribution in [0.5, 0.6) is 0 Å². The summed E-state index contributed by atoms with van der Waals surface area (Å²) in [6, 6.07) is 5.83. The molecule has 0 spiro atoms. The molecule has 0 aliphatic heterocycles. The fourth-order valence-corrected chi connectivity index (χ4v) is 1.64. The lowest BCUT2D eigenvalue weighted by molar-refractivity contribution is -0.138. The smallest absolute Gasteiger partial charge is 0.343 e. The summed E-state index contributed by atoms with van der Waals surface area (Å²) in [5.74, 6) is -0.675. The molecule has 0 aliphatic rings. The second-order valence-corrected chi connectivity index (χ2v) is 4.22. The van der Waals surface area contributed by atoms with E-state index in [-0.39, 0.29) is 17.9 Å². The number of ether oxygens (including phenoxy) is 1. The van der Waals surface area contributed by atoms with E-state index in [2.05, 4.69) is 4.99 Å². The highest BCUT2D eigenvalue weighted by Crippen LogP contribution is 2.22. The Hall–Kier alpha value is -2.10. The Morgan fingerprint density at radius 1 is 1.37 bits per heavy atom. The molecule has 0 heterocycles. The number of carbonyl (C=O) groups is 1. The van der Waals surface area contributed by atoms with E-state index in [0.717, 1.165) is 16.8 Å². The second-order valence-electron chi connectivity index (χ2n) is 4.22. The zero-order valence-corrected chi connectivity index (χ0v) is 11.7. The van der Waals surface area contributed by atoms with Gasteiger partial charge < -0.3 is 9.84 Å². The summed E-state index contributed by atoms with van der Waals surface area (Å²) in [7, 11) is 0. The Bertz CT molecular complexity index is 506. The predicted octanol–water partition coefficient (Wildman–Crippen LogP) is 3.40. The zero-order valence-electron chi connectivity index (χ0n) is 11.7. The predicted molar refractivity (Wildman–Crippen MR) is 76.0 cm³/mol. The summed E-state index contributed by atoms with van der Waals surface area (Å²) in [5.41, 5.74) is 2.89. The molecule has 0 amide bonds. The van der Waals surface area contributed by atoms with Crippen molar-refractivity contribution in [2.45, 2.75) is 27.7 Å². The van der Waals surface area contributed by atoms with E-state index >= 15 is 0 Å². The van der Waals surface area contributed by atoms with Crippen LogP contribution in [-0.4, -0.2) is 23.9 Å². The maximum atomic E-state index is 11.6. The number of esters is 1. The van der Waals surface area contributed by atoms with Crippen molar-refractivity contribution in [1.29, 1.82) is 0 Å². The van der Waals surface area contributed by atoms with Crippen molar-refractivity contribution in [2.75, 3.05) is 6.61 Å². The van der Waals surface area contributed by atoms with Crippen LogP contribution in [0, 0.1) is 13.8 Å². The van der Waals surface area contributed by atoms with E-state index in [1.165, 1.54) is 13.1 Å². The zero-order chi connectivity index (χ0) is 14.4. The van der Waals surface area contributed by atoms with Gasteiger partial charge in [-0.2, -0.15) is 0 Å². The summed E-state index contributed by atoms with van der Waals surface area (Å²) in [4.78, 5) is 15.9. The van der Waals surface area contributed by atoms with Gasteiger partial charge in [0.25, 0.3) is 0 Å². The average molecular weight is 261 g/mol. The third-order valence-corrected chi connectivity index (χ3v) is 2.65. The molecule has 0 saturated heterocycles. The van der Waals surface area contributed by atoms with Gasteiger partial charge in [-0.3, -0.25) is 4.99 Å². The van der Waals surface area contributed by atoms with Crippen molar-refractivity contribution in [3.05, 3.63) is 40.7 Å². The summed E-state index contributed by atoms with van der Waals surface area (Å²) in [5, 5.41) is 9.51. The molecule has 1 rings (SSSR count). The molecule has 0 radical (unpaired) electrons. The third-order valence-electron chi connectivity index (χ3n) is 2.65. The van der Waals surface area contributed by atoms with Crippen LogP contribution in [0.25, 0.3) is 0 Å². The van der Waals surface area contributed by atoms with Gasteiger partial charge in [0.1, 0.15) is 11.3 Å². The number of aliphatic imine (C=N–C) groups is 1. The first-order valence-corrected chi connectivity index (χ1v) is 6.14. The number of aryl methyl sites for hydroxylation is 2. The summed E-state index contributed by atoms with van der Waals surface area (Å²) < 4.78 is 4.87. The van der Waals surface area contributed by atoms with E-state index in [0.29, 0.717) is 0 Å². The van der Waals surface area contributed by atoms with Crippen molar-refractivity contribution in [3.8, 4) is 0 Å². The van der Waals surface area contributed by atoms with Crippen LogP contribution in [0.1, 0.15) is 25.0 Å². The highest BCUT2D eigenvalue weighted by molar-refractivity contribution is 6.10. The first-order valence-electron chi connectivity index (χ1n) is 6.14. The molecule has 0 bridgehead atoms. The fraction of sp³-hybridized carbons (Fsp3) is 0.333. The van der Waals surface area contributed by atoms with Crippen molar-refractivity contribution >= 4 is 17.9 Å². The van der Waals surface area contributed by atoms with Gasteiger partial charge in [-0.25, -0.2) is 4.79 Å². The first kappa shape index (κ1) is 15.0. The van der Waals surface area contributed by atoms with Crippen LogP contribution in [0.15, 0.2) is 34.5 Å². The normalized spacial score (nSPS) is 12.4. The maximum Gasteiger partial charge on any atom is 0.343 e. The molecule has 4 nitrogen and oxygen atoms in total. The Labute approximate surface area is 113 Å². The highest BCUT2D eigenvalue weighted by atomic mass is 16.5. The number of hydrogen-bond donors (Lipinski definition) is 1. The first-order chi connectivity index (χ1) is 8.97.